The number of unbranched alkanes of at least 4 members (excludes halogenated alkanes) is 1. The summed E-state index contributed by atoms with van der Waals surface area (Å²) in [5, 5.41) is 8.74. The second kappa shape index (κ2) is 8.03. The molecular weight excluding hydrogens is 166 g/mol. The summed E-state index contributed by atoms with van der Waals surface area (Å²) in [4.78, 5) is 0. The summed E-state index contributed by atoms with van der Waals surface area (Å²) in [6, 6.07) is 2.12. The van der Waals surface area contributed by atoms with Gasteiger partial charge in [-0.05, 0) is 20.3 Å². The van der Waals surface area contributed by atoms with Gasteiger partial charge in [0.15, 0.2) is 6.29 Å². The smallest absolute Gasteiger partial charge is 0.156 e. The van der Waals surface area contributed by atoms with Gasteiger partial charge >= 0.3 is 0 Å². The van der Waals surface area contributed by atoms with Crippen molar-refractivity contribution in [2.24, 2.45) is 0 Å². The van der Waals surface area contributed by atoms with Crippen LogP contribution in [0.15, 0.2) is 0 Å². The topological polar surface area (TPSA) is 42.2 Å². The van der Waals surface area contributed by atoms with Crippen LogP contribution in [-0.2, 0) is 9.47 Å². The molecule has 0 aromatic rings. The van der Waals surface area contributed by atoms with Crippen LogP contribution in [0.3, 0.4) is 0 Å². The fourth-order valence-electron chi connectivity index (χ4n) is 1.06. The first-order valence-electron chi connectivity index (χ1n) is 4.91. The quantitative estimate of drug-likeness (QED) is 0.572. The van der Waals surface area contributed by atoms with Gasteiger partial charge in [0.25, 0.3) is 0 Å². The van der Waals surface area contributed by atoms with Crippen molar-refractivity contribution in [3.8, 4) is 6.07 Å². The maximum atomic E-state index is 8.74. The number of hydrogen-bond donors (Lipinski definition) is 0. The Morgan fingerprint density at radius 2 is 2.08 bits per heavy atom. The molecule has 0 aliphatic rings. The number of nitriles is 1. The van der Waals surface area contributed by atoms with Crippen molar-refractivity contribution >= 4 is 0 Å². The average molecular weight is 185 g/mol. The molecule has 0 radical (unpaired) electrons. The van der Waals surface area contributed by atoms with E-state index in [9.17, 15) is 0 Å². The standard InChI is InChI=1S/C10H19NO2/c1-4-6-7-10(8-11)13-9(3)12-5-2/h9-10H,4-7H2,1-3H3. The summed E-state index contributed by atoms with van der Waals surface area (Å²) in [6.45, 7) is 6.45. The molecule has 0 saturated heterocycles. The molecule has 0 saturated carbocycles. The Labute approximate surface area is 80.6 Å². The minimum atomic E-state index is -0.318. The van der Waals surface area contributed by atoms with Gasteiger partial charge in [0.2, 0.25) is 0 Å². The molecule has 0 aliphatic carbocycles. The number of hydrogen-bond acceptors (Lipinski definition) is 3. The highest BCUT2D eigenvalue weighted by atomic mass is 16.7. The summed E-state index contributed by atoms with van der Waals surface area (Å²) >= 11 is 0. The summed E-state index contributed by atoms with van der Waals surface area (Å²) in [5.41, 5.74) is 0. The molecule has 0 aromatic carbocycles. The molecule has 3 nitrogen and oxygen atoms in total. The van der Waals surface area contributed by atoms with Crippen LogP contribution in [0, 0.1) is 11.3 Å². The zero-order valence-corrected chi connectivity index (χ0v) is 8.75. The Balaban J connectivity index is 3.64. The van der Waals surface area contributed by atoms with Crippen LogP contribution < -0.4 is 0 Å². The first-order valence-corrected chi connectivity index (χ1v) is 4.91. The predicted molar refractivity (Wildman–Crippen MR) is 51.1 cm³/mol. The Hall–Kier alpha value is -0.590. The second-order valence-corrected chi connectivity index (χ2v) is 2.92. The maximum Gasteiger partial charge on any atom is 0.156 e. The average Bonchev–Trinajstić information content (AvgIpc) is 2.12. The zero-order valence-electron chi connectivity index (χ0n) is 8.75. The van der Waals surface area contributed by atoms with Crippen molar-refractivity contribution in [2.75, 3.05) is 6.61 Å². The Kier molecular flexibility index (Phi) is 7.66. The molecule has 0 aromatic heterocycles. The normalized spacial score (nSPS) is 14.9. The van der Waals surface area contributed by atoms with Crippen molar-refractivity contribution in [1.29, 1.82) is 5.26 Å². The van der Waals surface area contributed by atoms with Gasteiger partial charge < -0.3 is 9.47 Å². The lowest BCUT2D eigenvalue weighted by molar-refractivity contribution is -0.145. The molecule has 0 heterocycles. The van der Waals surface area contributed by atoms with Gasteiger partial charge in [-0.25, -0.2) is 0 Å². The third-order valence-corrected chi connectivity index (χ3v) is 1.72. The first-order chi connectivity index (χ1) is 6.24. The fourth-order valence-corrected chi connectivity index (χ4v) is 1.06. The molecule has 2 unspecified atom stereocenters. The van der Waals surface area contributed by atoms with E-state index in [0.29, 0.717) is 6.61 Å². The van der Waals surface area contributed by atoms with Crippen LogP contribution in [0.5, 0.6) is 0 Å². The third-order valence-electron chi connectivity index (χ3n) is 1.72. The molecule has 0 bridgehead atoms. The van der Waals surface area contributed by atoms with Crippen LogP contribution in [0.25, 0.3) is 0 Å². The van der Waals surface area contributed by atoms with Gasteiger partial charge in [0.1, 0.15) is 6.10 Å². The van der Waals surface area contributed by atoms with E-state index in [1.165, 1.54) is 0 Å². The van der Waals surface area contributed by atoms with Crippen molar-refractivity contribution in [3.05, 3.63) is 0 Å². The Morgan fingerprint density at radius 3 is 2.54 bits per heavy atom. The Morgan fingerprint density at radius 1 is 1.38 bits per heavy atom. The highest BCUT2D eigenvalue weighted by Gasteiger charge is 2.11. The molecule has 2 atom stereocenters. The largest absolute Gasteiger partial charge is 0.353 e. The van der Waals surface area contributed by atoms with Crippen LogP contribution >= 0.6 is 0 Å². The molecule has 0 amide bonds. The van der Waals surface area contributed by atoms with Crippen molar-refractivity contribution < 1.29 is 9.47 Å². The van der Waals surface area contributed by atoms with Crippen molar-refractivity contribution in [1.82, 2.24) is 0 Å². The Bertz CT molecular complexity index is 153. The maximum absolute atomic E-state index is 8.74. The predicted octanol–water partition coefficient (Wildman–Crippen LogP) is 2.47. The van der Waals surface area contributed by atoms with Gasteiger partial charge in [0, 0.05) is 6.61 Å². The molecule has 13 heavy (non-hydrogen) atoms. The molecule has 3 heteroatoms. The SMILES string of the molecule is CCCCC(C#N)OC(C)OCC. The van der Waals surface area contributed by atoms with Gasteiger partial charge in [-0.2, -0.15) is 5.26 Å². The molecule has 0 fully saturated rings. The van der Waals surface area contributed by atoms with Crippen LogP contribution in [0.4, 0.5) is 0 Å². The molecule has 0 spiro atoms. The summed E-state index contributed by atoms with van der Waals surface area (Å²) in [7, 11) is 0. The minimum absolute atomic E-state index is 0.272. The number of rotatable bonds is 7. The molecule has 0 rings (SSSR count). The lowest BCUT2D eigenvalue weighted by Crippen LogP contribution is -2.21. The van der Waals surface area contributed by atoms with Crippen molar-refractivity contribution in [2.45, 2.75) is 52.4 Å². The lowest BCUT2D eigenvalue weighted by Gasteiger charge is -2.16. The van der Waals surface area contributed by atoms with Gasteiger partial charge in [-0.1, -0.05) is 19.8 Å². The third kappa shape index (κ3) is 6.56. The summed E-state index contributed by atoms with van der Waals surface area (Å²) < 4.78 is 10.5. The minimum Gasteiger partial charge on any atom is -0.353 e. The number of ether oxygens (including phenoxy) is 2. The monoisotopic (exact) mass is 185 g/mol. The second-order valence-electron chi connectivity index (χ2n) is 2.92. The number of nitrogens with zero attached hydrogens (tertiary/aromatic N) is 1. The van der Waals surface area contributed by atoms with Crippen LogP contribution in [-0.4, -0.2) is 19.0 Å². The van der Waals surface area contributed by atoms with E-state index in [2.05, 4.69) is 13.0 Å². The molecule has 0 N–H and O–H groups in total. The molecular formula is C10H19NO2. The zero-order chi connectivity index (χ0) is 10.1. The van der Waals surface area contributed by atoms with E-state index in [4.69, 9.17) is 14.7 Å². The van der Waals surface area contributed by atoms with E-state index in [0.717, 1.165) is 19.3 Å². The highest BCUT2D eigenvalue weighted by Crippen LogP contribution is 2.07. The summed E-state index contributed by atoms with van der Waals surface area (Å²) in [6.07, 6.45) is 2.32. The van der Waals surface area contributed by atoms with Gasteiger partial charge in [0.05, 0.1) is 6.07 Å². The van der Waals surface area contributed by atoms with Crippen LogP contribution in [0.1, 0.15) is 40.0 Å². The molecule has 76 valence electrons. The lowest BCUT2D eigenvalue weighted by atomic mass is 10.2. The fraction of sp³-hybridized carbons (Fsp3) is 0.900. The van der Waals surface area contributed by atoms with Crippen molar-refractivity contribution in [3.63, 3.8) is 0 Å². The highest BCUT2D eigenvalue weighted by molar-refractivity contribution is 4.83. The van der Waals surface area contributed by atoms with Crippen LogP contribution in [0.2, 0.25) is 0 Å². The van der Waals surface area contributed by atoms with E-state index < -0.39 is 0 Å². The van der Waals surface area contributed by atoms with E-state index >= 15 is 0 Å². The van der Waals surface area contributed by atoms with Gasteiger partial charge in [-0.3, -0.25) is 0 Å². The first kappa shape index (κ1) is 12.4. The van der Waals surface area contributed by atoms with E-state index in [1.807, 2.05) is 13.8 Å². The van der Waals surface area contributed by atoms with E-state index in [-0.39, 0.29) is 12.4 Å². The molecule has 0 aliphatic heterocycles. The summed E-state index contributed by atoms with van der Waals surface area (Å²) in [5.74, 6) is 0. The van der Waals surface area contributed by atoms with E-state index in [1.54, 1.807) is 0 Å². The van der Waals surface area contributed by atoms with Gasteiger partial charge in [-0.15, -0.1) is 0 Å².